The summed E-state index contributed by atoms with van der Waals surface area (Å²) in [6, 6.07) is 10.1. The number of hydrogen-bond acceptors (Lipinski definition) is 5. The Hall–Kier alpha value is -2.38. The molecule has 3 heterocycles. The number of aliphatic hydroxyl groups is 1. The molecule has 1 N–H and O–H groups in total. The van der Waals surface area contributed by atoms with Gasteiger partial charge in [0.2, 0.25) is 5.78 Å². The molecule has 7 heteroatoms. The Morgan fingerprint density at radius 3 is 2.62 bits per heavy atom. The Kier molecular flexibility index (Phi) is 5.61. The third-order valence-corrected chi connectivity index (χ3v) is 6.03. The lowest BCUT2D eigenvalue weighted by Crippen LogP contribution is -2.37. The molecule has 4 rings (SSSR count). The Morgan fingerprint density at radius 2 is 1.97 bits per heavy atom. The van der Waals surface area contributed by atoms with Crippen LogP contribution in [0.1, 0.15) is 40.8 Å². The predicted octanol–water partition coefficient (Wildman–Crippen LogP) is 4.02. The van der Waals surface area contributed by atoms with E-state index in [0.29, 0.717) is 18.8 Å². The lowest BCUT2D eigenvalue weighted by atomic mass is 9.95. The van der Waals surface area contributed by atoms with Gasteiger partial charge in [0, 0.05) is 17.6 Å². The van der Waals surface area contributed by atoms with Gasteiger partial charge in [-0.05, 0) is 62.7 Å². The molecule has 6 nitrogen and oxygen atoms in total. The number of aliphatic hydroxyl groups excluding tert-OH is 1. The quantitative estimate of drug-likeness (QED) is 0.661. The number of halogens is 1. The highest BCUT2D eigenvalue weighted by molar-refractivity contribution is 9.10. The number of Topliss-reactive ketones (excluding diaryl/α,β-unsaturated/α-hetero) is 1. The third-order valence-electron chi connectivity index (χ3n) is 5.53. The van der Waals surface area contributed by atoms with E-state index in [0.717, 1.165) is 36.0 Å². The first-order valence-electron chi connectivity index (χ1n) is 9.79. The van der Waals surface area contributed by atoms with Crippen molar-refractivity contribution < 1.29 is 19.1 Å². The number of hydrogen-bond donors (Lipinski definition) is 1. The fourth-order valence-electron chi connectivity index (χ4n) is 4.08. The van der Waals surface area contributed by atoms with Crippen LogP contribution in [0.25, 0.3) is 0 Å². The fourth-order valence-corrected chi connectivity index (χ4v) is 4.50. The van der Waals surface area contributed by atoms with Crippen LogP contribution in [-0.2, 0) is 4.79 Å². The average molecular weight is 459 g/mol. The summed E-state index contributed by atoms with van der Waals surface area (Å²) in [5.41, 5.74) is 0.841. The van der Waals surface area contributed by atoms with Crippen LogP contribution in [0.2, 0.25) is 0 Å². The SMILES string of the molecule is Cc1ccc(C(=O)C2=C(O)C(=O)N(CCN3CCCC3)C2c2cccc(Br)c2)o1. The number of ketones is 1. The minimum Gasteiger partial charge on any atom is -0.503 e. The highest BCUT2D eigenvalue weighted by Crippen LogP contribution is 2.39. The lowest BCUT2D eigenvalue weighted by Gasteiger charge is -2.28. The van der Waals surface area contributed by atoms with E-state index in [1.807, 2.05) is 24.3 Å². The molecule has 1 fully saturated rings. The van der Waals surface area contributed by atoms with Crippen LogP contribution < -0.4 is 0 Å². The molecule has 152 valence electrons. The molecule has 1 aromatic carbocycles. The zero-order valence-electron chi connectivity index (χ0n) is 16.2. The summed E-state index contributed by atoms with van der Waals surface area (Å²) in [5, 5.41) is 10.7. The van der Waals surface area contributed by atoms with Gasteiger partial charge in [0.1, 0.15) is 5.76 Å². The standard InChI is InChI=1S/C22H23BrN2O4/c1-14-7-8-17(29-14)20(26)18-19(15-5-4-6-16(23)13-15)25(22(28)21(18)27)12-11-24-9-2-3-10-24/h4-8,13,19,27H,2-3,9-12H2,1H3. The summed E-state index contributed by atoms with van der Waals surface area (Å²) in [6.45, 7) is 4.93. The normalized spacial score (nSPS) is 20.1. The minimum absolute atomic E-state index is 0.0730. The van der Waals surface area contributed by atoms with Gasteiger partial charge in [0.15, 0.2) is 11.5 Å². The summed E-state index contributed by atoms with van der Waals surface area (Å²) in [4.78, 5) is 30.0. The molecule has 0 spiro atoms. The zero-order chi connectivity index (χ0) is 20.5. The van der Waals surface area contributed by atoms with E-state index >= 15 is 0 Å². The van der Waals surface area contributed by atoms with Gasteiger partial charge in [0.25, 0.3) is 5.91 Å². The molecule has 0 bridgehead atoms. The number of carbonyl (C=O) groups is 2. The van der Waals surface area contributed by atoms with Gasteiger partial charge in [0.05, 0.1) is 11.6 Å². The molecule has 1 aromatic heterocycles. The van der Waals surface area contributed by atoms with Crippen molar-refractivity contribution in [2.75, 3.05) is 26.2 Å². The molecule has 2 aliphatic rings. The molecule has 2 aromatic rings. The Bertz CT molecular complexity index is 975. The number of likely N-dealkylation sites (tertiary alicyclic amines) is 1. The van der Waals surface area contributed by atoms with Gasteiger partial charge < -0.3 is 19.3 Å². The van der Waals surface area contributed by atoms with E-state index in [-0.39, 0.29) is 11.3 Å². The smallest absolute Gasteiger partial charge is 0.290 e. The van der Waals surface area contributed by atoms with Crippen molar-refractivity contribution in [1.29, 1.82) is 0 Å². The number of furan rings is 1. The van der Waals surface area contributed by atoms with Crippen LogP contribution in [0.5, 0.6) is 0 Å². The van der Waals surface area contributed by atoms with E-state index in [1.54, 1.807) is 24.0 Å². The number of aryl methyl sites for hydroxylation is 1. The molecule has 29 heavy (non-hydrogen) atoms. The number of benzene rings is 1. The van der Waals surface area contributed by atoms with Crippen LogP contribution in [0.4, 0.5) is 0 Å². The summed E-state index contributed by atoms with van der Waals surface area (Å²) < 4.78 is 6.33. The maximum atomic E-state index is 13.2. The maximum absolute atomic E-state index is 13.2. The van der Waals surface area contributed by atoms with Crippen LogP contribution in [0, 0.1) is 6.92 Å². The van der Waals surface area contributed by atoms with E-state index in [2.05, 4.69) is 20.8 Å². The molecule has 0 radical (unpaired) electrons. The van der Waals surface area contributed by atoms with Gasteiger partial charge in [-0.2, -0.15) is 0 Å². The second-order valence-electron chi connectivity index (χ2n) is 7.51. The molecule has 1 saturated heterocycles. The largest absolute Gasteiger partial charge is 0.503 e. The topological polar surface area (TPSA) is 74.0 Å². The second kappa shape index (κ2) is 8.16. The first-order chi connectivity index (χ1) is 14.0. The first-order valence-corrected chi connectivity index (χ1v) is 10.6. The summed E-state index contributed by atoms with van der Waals surface area (Å²) in [5.74, 6) is -0.741. The van der Waals surface area contributed by atoms with Gasteiger partial charge in [-0.3, -0.25) is 9.59 Å². The highest BCUT2D eigenvalue weighted by atomic mass is 79.9. The second-order valence-corrected chi connectivity index (χ2v) is 8.42. The predicted molar refractivity (Wildman–Crippen MR) is 112 cm³/mol. The number of nitrogens with zero attached hydrogens (tertiary/aromatic N) is 2. The first kappa shape index (κ1) is 19.9. The summed E-state index contributed by atoms with van der Waals surface area (Å²) >= 11 is 3.46. The van der Waals surface area contributed by atoms with Crippen LogP contribution >= 0.6 is 15.9 Å². The van der Waals surface area contributed by atoms with Crippen LogP contribution in [0.3, 0.4) is 0 Å². The summed E-state index contributed by atoms with van der Waals surface area (Å²) in [7, 11) is 0. The van der Waals surface area contributed by atoms with Gasteiger partial charge in [-0.1, -0.05) is 28.1 Å². The van der Waals surface area contributed by atoms with Crippen LogP contribution in [-0.4, -0.2) is 52.8 Å². The number of amides is 1. The van der Waals surface area contributed by atoms with E-state index < -0.39 is 23.5 Å². The van der Waals surface area contributed by atoms with E-state index in [4.69, 9.17) is 4.42 Å². The molecule has 1 atom stereocenters. The lowest BCUT2D eigenvalue weighted by molar-refractivity contribution is -0.129. The average Bonchev–Trinajstić information content (AvgIpc) is 3.42. The van der Waals surface area contributed by atoms with Gasteiger partial charge in [-0.15, -0.1) is 0 Å². The molecule has 0 aliphatic carbocycles. The highest BCUT2D eigenvalue weighted by Gasteiger charge is 2.44. The van der Waals surface area contributed by atoms with Crippen molar-refractivity contribution >= 4 is 27.6 Å². The van der Waals surface area contributed by atoms with Crippen molar-refractivity contribution in [3.8, 4) is 0 Å². The monoisotopic (exact) mass is 458 g/mol. The molecule has 0 saturated carbocycles. The minimum atomic E-state index is -0.652. The fraction of sp³-hybridized carbons (Fsp3) is 0.364. The van der Waals surface area contributed by atoms with Crippen molar-refractivity contribution in [1.82, 2.24) is 9.80 Å². The van der Waals surface area contributed by atoms with Gasteiger partial charge in [-0.25, -0.2) is 0 Å². The summed E-state index contributed by atoms with van der Waals surface area (Å²) in [6.07, 6.45) is 2.32. The Labute approximate surface area is 177 Å². The molecule has 1 unspecified atom stereocenters. The Balaban J connectivity index is 1.70. The third kappa shape index (κ3) is 3.89. The molecular formula is C22H23BrN2O4. The number of carbonyl (C=O) groups excluding carboxylic acids is 2. The maximum Gasteiger partial charge on any atom is 0.290 e. The zero-order valence-corrected chi connectivity index (χ0v) is 17.8. The van der Waals surface area contributed by atoms with Crippen molar-refractivity contribution in [2.24, 2.45) is 0 Å². The van der Waals surface area contributed by atoms with Crippen molar-refractivity contribution in [3.05, 3.63) is 69.3 Å². The van der Waals surface area contributed by atoms with E-state index in [9.17, 15) is 14.7 Å². The van der Waals surface area contributed by atoms with Gasteiger partial charge >= 0.3 is 0 Å². The van der Waals surface area contributed by atoms with E-state index in [1.165, 1.54) is 0 Å². The Morgan fingerprint density at radius 1 is 1.21 bits per heavy atom. The van der Waals surface area contributed by atoms with Crippen molar-refractivity contribution in [3.63, 3.8) is 0 Å². The number of rotatable bonds is 6. The van der Waals surface area contributed by atoms with Crippen molar-refractivity contribution in [2.45, 2.75) is 25.8 Å². The molecule has 2 aliphatic heterocycles. The molecular weight excluding hydrogens is 436 g/mol. The van der Waals surface area contributed by atoms with Crippen LogP contribution in [0.15, 0.2) is 56.6 Å². The molecule has 1 amide bonds.